The smallest absolute Gasteiger partial charge is 0.0357 e. The standard InChI is InChI=1S/C9H16.3C5H12.C3H8.2C2H6/c1-6-3-8(4-6)9-5-7(9)2;3*1-4-5(2)3;1-3-2;2*1-2/h6-9H,3-5H2,1-2H3;3*5H,4H2,1-3H3;3H2,1-2H3;2*1-2H3. The van der Waals surface area contributed by atoms with Gasteiger partial charge in [-0.25, -0.2) is 0 Å². The molecule has 31 heavy (non-hydrogen) atoms. The molecule has 0 amide bonds. The lowest BCUT2D eigenvalue weighted by Crippen LogP contribution is -2.22. The summed E-state index contributed by atoms with van der Waals surface area (Å²) in [5.41, 5.74) is 0. The van der Waals surface area contributed by atoms with Crippen molar-refractivity contribution in [2.24, 2.45) is 41.4 Å². The first kappa shape index (κ1) is 41.3. The molecule has 196 valence electrons. The molecule has 0 aromatic heterocycles. The molecule has 0 heterocycles. The maximum atomic E-state index is 2.40. The molecule has 0 N–H and O–H groups in total. The summed E-state index contributed by atoms with van der Waals surface area (Å²) >= 11 is 0. The second kappa shape index (κ2) is 32.2. The summed E-state index contributed by atoms with van der Waals surface area (Å²) in [7, 11) is 0. The Morgan fingerprint density at radius 3 is 0.839 bits per heavy atom. The van der Waals surface area contributed by atoms with Crippen LogP contribution >= 0.6 is 0 Å². The fourth-order valence-corrected chi connectivity index (χ4v) is 2.32. The number of hydrogen-bond donors (Lipinski definition) is 0. The Morgan fingerprint density at radius 2 is 0.742 bits per heavy atom. The van der Waals surface area contributed by atoms with Gasteiger partial charge >= 0.3 is 0 Å². The largest absolute Gasteiger partial charge is 0.0683 e. The monoisotopic (exact) mass is 445 g/mol. The maximum Gasteiger partial charge on any atom is -0.0357 e. The zero-order valence-electron chi connectivity index (χ0n) is 26.0. The summed E-state index contributed by atoms with van der Waals surface area (Å²) in [6.07, 6.45) is 9.78. The molecule has 2 aliphatic carbocycles. The van der Waals surface area contributed by atoms with Gasteiger partial charge < -0.3 is 0 Å². The van der Waals surface area contributed by atoms with Crippen molar-refractivity contribution in [2.45, 2.75) is 163 Å². The molecule has 0 radical (unpaired) electrons. The normalized spacial score (nSPS) is 22.1. The minimum Gasteiger partial charge on any atom is -0.0683 e. The van der Waals surface area contributed by atoms with E-state index in [1.807, 2.05) is 27.7 Å². The molecule has 0 aliphatic heterocycles. The summed E-state index contributed by atoms with van der Waals surface area (Å²) in [5.74, 6) is 7.10. The number of rotatable bonds is 4. The molecule has 0 aromatic carbocycles. The van der Waals surface area contributed by atoms with E-state index >= 15 is 0 Å². The molecular weight excluding hydrogens is 372 g/mol. The van der Waals surface area contributed by atoms with E-state index in [-0.39, 0.29) is 0 Å². The lowest BCUT2D eigenvalue weighted by atomic mass is 9.73. The molecule has 2 rings (SSSR count). The zero-order valence-corrected chi connectivity index (χ0v) is 26.0. The van der Waals surface area contributed by atoms with Gasteiger partial charge in [-0.3, -0.25) is 0 Å². The first-order chi connectivity index (χ1) is 14.5. The van der Waals surface area contributed by atoms with Crippen LogP contribution in [0.1, 0.15) is 163 Å². The van der Waals surface area contributed by atoms with Crippen LogP contribution in [0, 0.1) is 41.4 Å². The molecule has 2 atom stereocenters. The average Bonchev–Trinajstić information content (AvgIpc) is 3.46. The minimum absolute atomic E-state index is 0.884. The molecule has 0 spiro atoms. The lowest BCUT2D eigenvalue weighted by Gasteiger charge is -2.33. The summed E-state index contributed by atoms with van der Waals surface area (Å²) in [5, 5.41) is 0. The molecule has 0 saturated heterocycles. The van der Waals surface area contributed by atoms with Gasteiger partial charge in [0.2, 0.25) is 0 Å². The van der Waals surface area contributed by atoms with Crippen molar-refractivity contribution in [3.8, 4) is 0 Å². The van der Waals surface area contributed by atoms with Gasteiger partial charge in [-0.2, -0.15) is 0 Å². The second-order valence-corrected chi connectivity index (χ2v) is 10.3. The predicted octanol–water partition coefficient (Wildman–Crippen LogP) is 12.3. The van der Waals surface area contributed by atoms with Crippen LogP contribution in [0.5, 0.6) is 0 Å². The van der Waals surface area contributed by atoms with Gasteiger partial charge in [0, 0.05) is 0 Å². The first-order valence-electron chi connectivity index (χ1n) is 14.5. The molecular formula is C31H72. The van der Waals surface area contributed by atoms with Gasteiger partial charge in [-0.1, -0.05) is 143 Å². The third-order valence-corrected chi connectivity index (χ3v) is 5.64. The fraction of sp³-hybridized carbons (Fsp3) is 1.00. The first-order valence-corrected chi connectivity index (χ1v) is 14.5. The van der Waals surface area contributed by atoms with Gasteiger partial charge in [0.05, 0.1) is 0 Å². The van der Waals surface area contributed by atoms with Gasteiger partial charge in [-0.15, -0.1) is 0 Å². The molecule has 0 aromatic rings. The molecule has 0 bridgehead atoms. The van der Waals surface area contributed by atoms with Crippen LogP contribution in [0.15, 0.2) is 0 Å². The van der Waals surface area contributed by atoms with Crippen LogP contribution in [-0.2, 0) is 0 Å². The van der Waals surface area contributed by atoms with Crippen LogP contribution in [0.2, 0.25) is 0 Å². The Bertz CT molecular complexity index is 238. The van der Waals surface area contributed by atoms with E-state index in [1.54, 1.807) is 0 Å². The van der Waals surface area contributed by atoms with Crippen molar-refractivity contribution in [1.29, 1.82) is 0 Å². The van der Waals surface area contributed by atoms with Gasteiger partial charge in [0.15, 0.2) is 0 Å². The van der Waals surface area contributed by atoms with E-state index in [2.05, 4.69) is 90.0 Å². The maximum absolute atomic E-state index is 2.40. The van der Waals surface area contributed by atoms with E-state index < -0.39 is 0 Å². The highest BCUT2D eigenvalue weighted by Gasteiger charge is 2.43. The van der Waals surface area contributed by atoms with Crippen molar-refractivity contribution in [3.63, 3.8) is 0 Å². The van der Waals surface area contributed by atoms with Crippen molar-refractivity contribution >= 4 is 0 Å². The SMILES string of the molecule is CC.CC.CC1CC(C2CC2C)C1.CCC.CCC(C)C.CCC(C)C.CCC(C)C. The topological polar surface area (TPSA) is 0 Å². The molecule has 2 aliphatic rings. The van der Waals surface area contributed by atoms with Gasteiger partial charge in [-0.05, 0) is 60.7 Å². The highest BCUT2D eigenvalue weighted by atomic mass is 14.5. The van der Waals surface area contributed by atoms with E-state index in [1.165, 1.54) is 44.9 Å². The Hall–Kier alpha value is 0. The van der Waals surface area contributed by atoms with E-state index in [0.29, 0.717) is 0 Å². The van der Waals surface area contributed by atoms with E-state index in [4.69, 9.17) is 0 Å². The van der Waals surface area contributed by atoms with Crippen LogP contribution in [-0.4, -0.2) is 0 Å². The Kier molecular flexibility index (Phi) is 42.8. The number of hydrogen-bond acceptors (Lipinski definition) is 0. The molecule has 2 fully saturated rings. The van der Waals surface area contributed by atoms with Crippen LogP contribution in [0.4, 0.5) is 0 Å². The summed E-state index contributed by atoms with van der Waals surface area (Å²) in [6.45, 7) is 37.0. The van der Waals surface area contributed by atoms with Crippen LogP contribution in [0.3, 0.4) is 0 Å². The predicted molar refractivity (Wildman–Crippen MR) is 153 cm³/mol. The average molecular weight is 445 g/mol. The Labute approximate surface area is 204 Å². The summed E-state index contributed by atoms with van der Waals surface area (Å²) < 4.78 is 0. The highest BCUT2D eigenvalue weighted by molar-refractivity contribution is 4.93. The van der Waals surface area contributed by atoms with Crippen molar-refractivity contribution in [3.05, 3.63) is 0 Å². The highest BCUT2D eigenvalue weighted by Crippen LogP contribution is 2.53. The molecule has 2 saturated carbocycles. The summed E-state index contributed by atoms with van der Waals surface area (Å²) in [6, 6.07) is 0. The van der Waals surface area contributed by atoms with Gasteiger partial charge in [0.1, 0.15) is 0 Å². The second-order valence-electron chi connectivity index (χ2n) is 10.3. The Morgan fingerprint density at radius 1 is 0.548 bits per heavy atom. The van der Waals surface area contributed by atoms with Crippen molar-refractivity contribution < 1.29 is 0 Å². The van der Waals surface area contributed by atoms with Crippen molar-refractivity contribution in [1.82, 2.24) is 0 Å². The minimum atomic E-state index is 0.884. The van der Waals surface area contributed by atoms with Crippen LogP contribution in [0.25, 0.3) is 0 Å². The van der Waals surface area contributed by atoms with Crippen molar-refractivity contribution in [2.75, 3.05) is 0 Å². The van der Waals surface area contributed by atoms with Gasteiger partial charge in [0.25, 0.3) is 0 Å². The lowest BCUT2D eigenvalue weighted by molar-refractivity contribution is 0.179. The Balaban J connectivity index is -0.0000000916. The quantitative estimate of drug-likeness (QED) is 0.404. The van der Waals surface area contributed by atoms with E-state index in [0.717, 1.165) is 41.4 Å². The third kappa shape index (κ3) is 40.8. The molecule has 0 nitrogen and oxygen atoms in total. The third-order valence-electron chi connectivity index (χ3n) is 5.64. The fourth-order valence-electron chi connectivity index (χ4n) is 2.32. The van der Waals surface area contributed by atoms with E-state index in [9.17, 15) is 0 Å². The van der Waals surface area contributed by atoms with Crippen LogP contribution < -0.4 is 0 Å². The summed E-state index contributed by atoms with van der Waals surface area (Å²) in [4.78, 5) is 0. The molecule has 2 unspecified atom stereocenters. The zero-order chi connectivity index (χ0) is 26.0. The molecule has 0 heteroatoms.